The Kier molecular flexibility index (Phi) is 2.44. The van der Waals surface area contributed by atoms with Crippen molar-refractivity contribution in [3.05, 3.63) is 22.6 Å². The van der Waals surface area contributed by atoms with Crippen LogP contribution in [0.25, 0.3) is 11.1 Å². The predicted molar refractivity (Wildman–Crippen MR) is 66.8 cm³/mol. The maximum Gasteiger partial charge on any atom is 0.231 e. The Morgan fingerprint density at radius 1 is 1.50 bits per heavy atom. The van der Waals surface area contributed by atoms with Crippen LogP contribution < -0.4 is 15.2 Å². The quantitative estimate of drug-likeness (QED) is 0.877. The van der Waals surface area contributed by atoms with Crippen molar-refractivity contribution < 1.29 is 13.9 Å². The summed E-state index contributed by atoms with van der Waals surface area (Å²) in [5.74, 6) is 0.368. The average molecular weight is 314 g/mol. The molecule has 3 rings (SSSR count). The van der Waals surface area contributed by atoms with Crippen molar-refractivity contribution in [2.24, 2.45) is 7.05 Å². The van der Waals surface area contributed by atoms with Gasteiger partial charge in [0.15, 0.2) is 11.6 Å². The summed E-state index contributed by atoms with van der Waals surface area (Å²) in [6.45, 7) is 0.0185. The lowest BCUT2D eigenvalue weighted by molar-refractivity contribution is 0.171. The lowest BCUT2D eigenvalue weighted by atomic mass is 10.1. The van der Waals surface area contributed by atoms with Crippen LogP contribution in [0.4, 0.5) is 10.2 Å². The number of aryl methyl sites for hydroxylation is 1. The van der Waals surface area contributed by atoms with E-state index < -0.39 is 5.82 Å². The highest BCUT2D eigenvalue weighted by molar-refractivity contribution is 9.10. The lowest BCUT2D eigenvalue weighted by Crippen LogP contribution is -1.99. The Balaban J connectivity index is 2.27. The van der Waals surface area contributed by atoms with Crippen molar-refractivity contribution in [2.45, 2.75) is 0 Å². The molecule has 7 heteroatoms. The monoisotopic (exact) mass is 313 g/mol. The summed E-state index contributed by atoms with van der Waals surface area (Å²) >= 11 is 3.31. The minimum Gasteiger partial charge on any atom is -0.453 e. The number of hydrogen-bond acceptors (Lipinski definition) is 4. The number of aromatic nitrogens is 2. The third-order valence-corrected chi connectivity index (χ3v) is 3.44. The lowest BCUT2D eigenvalue weighted by Gasteiger charge is -2.08. The van der Waals surface area contributed by atoms with Crippen LogP contribution in [0.5, 0.6) is 11.5 Å². The molecule has 0 saturated heterocycles. The topological polar surface area (TPSA) is 62.3 Å². The van der Waals surface area contributed by atoms with E-state index in [1.54, 1.807) is 13.1 Å². The predicted octanol–water partition coefficient (Wildman–Crippen LogP) is 2.30. The van der Waals surface area contributed by atoms with Crippen molar-refractivity contribution >= 4 is 21.7 Å². The van der Waals surface area contributed by atoms with E-state index >= 15 is 0 Å². The van der Waals surface area contributed by atoms with Crippen LogP contribution >= 0.6 is 15.9 Å². The van der Waals surface area contributed by atoms with Gasteiger partial charge in [0.05, 0.1) is 6.20 Å². The van der Waals surface area contributed by atoms with Crippen molar-refractivity contribution in [1.29, 1.82) is 0 Å². The molecule has 0 fully saturated rings. The number of anilines is 1. The fourth-order valence-electron chi connectivity index (χ4n) is 1.86. The van der Waals surface area contributed by atoms with Gasteiger partial charge in [-0.1, -0.05) is 0 Å². The first-order valence-corrected chi connectivity index (χ1v) is 5.94. The third kappa shape index (κ3) is 1.47. The molecule has 94 valence electrons. The van der Waals surface area contributed by atoms with Gasteiger partial charge in [-0.2, -0.15) is 5.10 Å². The van der Waals surface area contributed by atoms with Gasteiger partial charge in [0.2, 0.25) is 12.5 Å². The molecule has 0 bridgehead atoms. The van der Waals surface area contributed by atoms with E-state index in [2.05, 4.69) is 21.0 Å². The highest BCUT2D eigenvalue weighted by atomic mass is 79.9. The minimum absolute atomic E-state index is 0.0185. The average Bonchev–Trinajstić information content (AvgIpc) is 2.90. The summed E-state index contributed by atoms with van der Waals surface area (Å²) in [5.41, 5.74) is 6.70. The van der Waals surface area contributed by atoms with Gasteiger partial charge in [-0.25, -0.2) is 4.39 Å². The van der Waals surface area contributed by atoms with Gasteiger partial charge in [0, 0.05) is 22.6 Å². The Labute approximate surface area is 110 Å². The van der Waals surface area contributed by atoms with Crippen LogP contribution in [0, 0.1) is 5.82 Å². The molecule has 18 heavy (non-hydrogen) atoms. The van der Waals surface area contributed by atoms with Gasteiger partial charge in [0.1, 0.15) is 5.82 Å². The van der Waals surface area contributed by atoms with E-state index in [-0.39, 0.29) is 12.5 Å². The molecule has 0 spiro atoms. The zero-order valence-electron chi connectivity index (χ0n) is 9.41. The largest absolute Gasteiger partial charge is 0.453 e. The number of benzene rings is 1. The molecule has 0 unspecified atom stereocenters. The fourth-order valence-corrected chi connectivity index (χ4v) is 2.45. The van der Waals surface area contributed by atoms with Crippen LogP contribution in [-0.2, 0) is 7.05 Å². The van der Waals surface area contributed by atoms with Crippen LogP contribution in [0.1, 0.15) is 0 Å². The number of hydrogen-bond donors (Lipinski definition) is 1. The molecule has 1 aromatic carbocycles. The summed E-state index contributed by atoms with van der Waals surface area (Å²) in [7, 11) is 1.69. The van der Waals surface area contributed by atoms with Crippen molar-refractivity contribution in [3.8, 4) is 22.6 Å². The summed E-state index contributed by atoms with van der Waals surface area (Å²) in [6.07, 6.45) is 1.51. The van der Waals surface area contributed by atoms with Crippen LogP contribution in [0.2, 0.25) is 0 Å². The number of halogens is 2. The molecule has 2 N–H and O–H groups in total. The molecule has 0 radical (unpaired) electrons. The molecule has 0 atom stereocenters. The Morgan fingerprint density at radius 3 is 2.94 bits per heavy atom. The number of nitrogens with two attached hydrogens (primary N) is 1. The second kappa shape index (κ2) is 3.88. The Morgan fingerprint density at radius 2 is 2.28 bits per heavy atom. The van der Waals surface area contributed by atoms with E-state index in [0.29, 0.717) is 27.2 Å². The molecule has 0 saturated carbocycles. The van der Waals surface area contributed by atoms with Crippen LogP contribution in [0.3, 0.4) is 0 Å². The third-order valence-electron chi connectivity index (χ3n) is 2.81. The van der Waals surface area contributed by atoms with Gasteiger partial charge in [-0.15, -0.1) is 0 Å². The highest BCUT2D eigenvalue weighted by Crippen LogP contribution is 2.45. The van der Waals surface area contributed by atoms with E-state index in [0.717, 1.165) is 0 Å². The first-order chi connectivity index (χ1) is 8.59. The smallest absolute Gasteiger partial charge is 0.231 e. The van der Waals surface area contributed by atoms with Crippen molar-refractivity contribution in [1.82, 2.24) is 9.78 Å². The minimum atomic E-state index is -0.503. The summed E-state index contributed by atoms with van der Waals surface area (Å²) in [5, 5.41) is 4.00. The van der Waals surface area contributed by atoms with Gasteiger partial charge in [-0.3, -0.25) is 4.68 Å². The second-order valence-electron chi connectivity index (χ2n) is 3.85. The molecule has 5 nitrogen and oxygen atoms in total. The highest BCUT2D eigenvalue weighted by Gasteiger charge is 2.26. The second-order valence-corrected chi connectivity index (χ2v) is 4.70. The maximum atomic E-state index is 14.4. The SMILES string of the molecule is Cn1ncc(-c2c(Br)cc3c(c2F)OCO3)c1N. The number of fused-ring (bicyclic) bond motifs is 1. The Hall–Kier alpha value is -1.76. The molecule has 2 aromatic rings. The van der Waals surface area contributed by atoms with Gasteiger partial charge in [-0.05, 0) is 22.0 Å². The first kappa shape index (κ1) is 11.3. The van der Waals surface area contributed by atoms with E-state index in [1.807, 2.05) is 0 Å². The van der Waals surface area contributed by atoms with Crippen LogP contribution in [0.15, 0.2) is 16.7 Å². The number of nitrogen functional groups attached to an aromatic ring is 1. The van der Waals surface area contributed by atoms with Gasteiger partial charge in [0.25, 0.3) is 0 Å². The summed E-state index contributed by atoms with van der Waals surface area (Å²) in [4.78, 5) is 0. The molecule has 0 amide bonds. The first-order valence-electron chi connectivity index (χ1n) is 5.15. The Bertz CT molecular complexity index is 642. The standard InChI is InChI=1S/C11H9BrFN3O2/c1-16-11(14)5(3-15-16)8-6(12)2-7-10(9(8)13)18-4-17-7/h2-3H,4,14H2,1H3. The van der Waals surface area contributed by atoms with Gasteiger partial charge >= 0.3 is 0 Å². The fraction of sp³-hybridized carbons (Fsp3) is 0.182. The normalized spacial score (nSPS) is 13.1. The molecular weight excluding hydrogens is 305 g/mol. The zero-order chi connectivity index (χ0) is 12.9. The number of ether oxygens (including phenoxy) is 2. The molecule has 1 aliphatic heterocycles. The number of rotatable bonds is 1. The summed E-state index contributed by atoms with van der Waals surface area (Å²) in [6, 6.07) is 1.66. The summed E-state index contributed by atoms with van der Waals surface area (Å²) < 4.78 is 26.7. The molecule has 2 heterocycles. The van der Waals surface area contributed by atoms with E-state index in [4.69, 9.17) is 15.2 Å². The maximum absolute atomic E-state index is 14.4. The molecule has 0 aliphatic carbocycles. The van der Waals surface area contributed by atoms with E-state index in [9.17, 15) is 4.39 Å². The zero-order valence-corrected chi connectivity index (χ0v) is 11.0. The number of nitrogens with zero attached hydrogens (tertiary/aromatic N) is 2. The molecule has 1 aromatic heterocycles. The van der Waals surface area contributed by atoms with Crippen molar-refractivity contribution in [3.63, 3.8) is 0 Å². The molecular formula is C11H9BrFN3O2. The molecule has 1 aliphatic rings. The van der Waals surface area contributed by atoms with Crippen molar-refractivity contribution in [2.75, 3.05) is 12.5 Å². The van der Waals surface area contributed by atoms with E-state index in [1.165, 1.54) is 10.9 Å². The van der Waals surface area contributed by atoms with Crippen LogP contribution in [-0.4, -0.2) is 16.6 Å². The van der Waals surface area contributed by atoms with Gasteiger partial charge < -0.3 is 15.2 Å².